The molecule has 1 aromatic heterocycles. The van der Waals surface area contributed by atoms with E-state index in [0.29, 0.717) is 12.6 Å². The second kappa shape index (κ2) is 5.25. The third-order valence-electron chi connectivity index (χ3n) is 2.29. The molecule has 2 rings (SSSR count). The lowest BCUT2D eigenvalue weighted by Crippen LogP contribution is -2.32. The SMILES string of the molecule is CC(C)NCC(=O)Nc1ccc2ncsc2c1. The maximum absolute atomic E-state index is 11.6. The van der Waals surface area contributed by atoms with Gasteiger partial charge >= 0.3 is 0 Å². The van der Waals surface area contributed by atoms with Crippen molar-refractivity contribution in [2.75, 3.05) is 11.9 Å². The highest BCUT2D eigenvalue weighted by molar-refractivity contribution is 7.16. The molecule has 17 heavy (non-hydrogen) atoms. The average molecular weight is 249 g/mol. The zero-order valence-electron chi connectivity index (χ0n) is 9.86. The molecule has 0 bridgehead atoms. The van der Waals surface area contributed by atoms with Crippen LogP contribution in [0.5, 0.6) is 0 Å². The van der Waals surface area contributed by atoms with E-state index in [1.165, 1.54) is 0 Å². The Kier molecular flexibility index (Phi) is 3.71. The van der Waals surface area contributed by atoms with Gasteiger partial charge in [0.25, 0.3) is 0 Å². The summed E-state index contributed by atoms with van der Waals surface area (Å²) in [5, 5.41) is 5.93. The Morgan fingerprint density at radius 2 is 2.29 bits per heavy atom. The van der Waals surface area contributed by atoms with Gasteiger partial charge in [-0.2, -0.15) is 0 Å². The predicted molar refractivity (Wildman–Crippen MR) is 71.4 cm³/mol. The van der Waals surface area contributed by atoms with Crippen LogP contribution >= 0.6 is 11.3 Å². The Morgan fingerprint density at radius 3 is 3.06 bits per heavy atom. The third-order valence-corrected chi connectivity index (χ3v) is 3.08. The summed E-state index contributed by atoms with van der Waals surface area (Å²) >= 11 is 1.57. The molecule has 1 heterocycles. The van der Waals surface area contributed by atoms with Crippen LogP contribution in [0.2, 0.25) is 0 Å². The lowest BCUT2D eigenvalue weighted by Gasteiger charge is -2.08. The maximum Gasteiger partial charge on any atom is 0.238 e. The summed E-state index contributed by atoms with van der Waals surface area (Å²) < 4.78 is 1.08. The van der Waals surface area contributed by atoms with Gasteiger partial charge < -0.3 is 10.6 Å². The normalized spacial score (nSPS) is 11.0. The molecule has 0 unspecified atom stereocenters. The Labute approximate surface area is 104 Å². The summed E-state index contributed by atoms with van der Waals surface area (Å²) in [4.78, 5) is 15.8. The van der Waals surface area contributed by atoms with E-state index in [1.54, 1.807) is 16.8 Å². The average Bonchev–Trinajstić information content (AvgIpc) is 2.73. The number of aromatic nitrogens is 1. The van der Waals surface area contributed by atoms with Crippen molar-refractivity contribution < 1.29 is 4.79 Å². The van der Waals surface area contributed by atoms with Crippen LogP contribution in [0.4, 0.5) is 5.69 Å². The summed E-state index contributed by atoms with van der Waals surface area (Å²) in [5.74, 6) is -0.0254. The molecule has 0 spiro atoms. The molecule has 0 aliphatic carbocycles. The van der Waals surface area contributed by atoms with Gasteiger partial charge in [-0.15, -0.1) is 11.3 Å². The van der Waals surface area contributed by atoms with E-state index in [0.717, 1.165) is 15.9 Å². The summed E-state index contributed by atoms with van der Waals surface area (Å²) in [6, 6.07) is 6.04. The van der Waals surface area contributed by atoms with Gasteiger partial charge in [-0.1, -0.05) is 13.8 Å². The molecule has 1 aromatic carbocycles. The van der Waals surface area contributed by atoms with Crippen LogP contribution in [0.3, 0.4) is 0 Å². The van der Waals surface area contributed by atoms with Gasteiger partial charge in [0.1, 0.15) is 0 Å². The van der Waals surface area contributed by atoms with Crippen molar-refractivity contribution in [1.82, 2.24) is 10.3 Å². The number of thiazole rings is 1. The van der Waals surface area contributed by atoms with E-state index in [9.17, 15) is 4.79 Å². The fourth-order valence-corrected chi connectivity index (χ4v) is 2.15. The van der Waals surface area contributed by atoms with E-state index in [2.05, 4.69) is 15.6 Å². The topological polar surface area (TPSA) is 54.0 Å². The lowest BCUT2D eigenvalue weighted by atomic mass is 10.3. The fourth-order valence-electron chi connectivity index (χ4n) is 1.43. The number of fused-ring (bicyclic) bond motifs is 1. The van der Waals surface area contributed by atoms with E-state index in [-0.39, 0.29) is 5.91 Å². The van der Waals surface area contributed by atoms with Gasteiger partial charge in [0.05, 0.1) is 22.3 Å². The van der Waals surface area contributed by atoms with Crippen molar-refractivity contribution in [3.05, 3.63) is 23.7 Å². The number of nitrogens with zero attached hydrogens (tertiary/aromatic N) is 1. The van der Waals surface area contributed by atoms with Crippen LogP contribution in [0.15, 0.2) is 23.7 Å². The van der Waals surface area contributed by atoms with Crippen LogP contribution < -0.4 is 10.6 Å². The highest BCUT2D eigenvalue weighted by Crippen LogP contribution is 2.21. The molecule has 4 nitrogen and oxygen atoms in total. The van der Waals surface area contributed by atoms with Crippen molar-refractivity contribution in [3.8, 4) is 0 Å². The Hall–Kier alpha value is -1.46. The minimum atomic E-state index is -0.0254. The number of benzene rings is 1. The smallest absolute Gasteiger partial charge is 0.238 e. The van der Waals surface area contributed by atoms with Crippen molar-refractivity contribution in [2.24, 2.45) is 0 Å². The van der Waals surface area contributed by atoms with Crippen molar-refractivity contribution in [1.29, 1.82) is 0 Å². The number of rotatable bonds is 4. The van der Waals surface area contributed by atoms with Gasteiger partial charge in [-0.25, -0.2) is 4.98 Å². The molecule has 0 atom stereocenters. The number of carbonyl (C=O) groups is 1. The molecule has 2 aromatic rings. The first-order chi connectivity index (χ1) is 8.15. The first kappa shape index (κ1) is 12.0. The molecule has 0 aliphatic heterocycles. The predicted octanol–water partition coefficient (Wildman–Crippen LogP) is 2.23. The van der Waals surface area contributed by atoms with Crippen LogP contribution in [0.1, 0.15) is 13.8 Å². The highest BCUT2D eigenvalue weighted by atomic mass is 32.1. The number of hydrogen-bond donors (Lipinski definition) is 2. The quantitative estimate of drug-likeness (QED) is 0.873. The van der Waals surface area contributed by atoms with Gasteiger partial charge in [0.2, 0.25) is 5.91 Å². The molecule has 0 fully saturated rings. The molecule has 0 saturated heterocycles. The maximum atomic E-state index is 11.6. The Morgan fingerprint density at radius 1 is 1.47 bits per heavy atom. The van der Waals surface area contributed by atoms with E-state index >= 15 is 0 Å². The number of nitrogens with one attached hydrogen (secondary N) is 2. The minimum absolute atomic E-state index is 0.0254. The van der Waals surface area contributed by atoms with Crippen LogP contribution in [0.25, 0.3) is 10.2 Å². The number of anilines is 1. The molecule has 2 N–H and O–H groups in total. The van der Waals surface area contributed by atoms with Crippen LogP contribution in [-0.4, -0.2) is 23.5 Å². The lowest BCUT2D eigenvalue weighted by molar-refractivity contribution is -0.115. The third kappa shape index (κ3) is 3.25. The minimum Gasteiger partial charge on any atom is -0.325 e. The van der Waals surface area contributed by atoms with Gasteiger partial charge in [-0.3, -0.25) is 4.79 Å². The fraction of sp³-hybridized carbons (Fsp3) is 0.333. The van der Waals surface area contributed by atoms with Crippen molar-refractivity contribution >= 4 is 33.1 Å². The van der Waals surface area contributed by atoms with Gasteiger partial charge in [0.15, 0.2) is 0 Å². The second-order valence-electron chi connectivity index (χ2n) is 4.12. The zero-order chi connectivity index (χ0) is 12.3. The van der Waals surface area contributed by atoms with Crippen molar-refractivity contribution in [3.63, 3.8) is 0 Å². The Bertz CT molecular complexity index is 521. The van der Waals surface area contributed by atoms with E-state index < -0.39 is 0 Å². The van der Waals surface area contributed by atoms with Gasteiger partial charge in [-0.05, 0) is 18.2 Å². The summed E-state index contributed by atoms with van der Waals surface area (Å²) in [5.41, 5.74) is 3.59. The summed E-state index contributed by atoms with van der Waals surface area (Å²) in [6.07, 6.45) is 0. The van der Waals surface area contributed by atoms with E-state index in [4.69, 9.17) is 0 Å². The molecule has 0 saturated carbocycles. The molecular weight excluding hydrogens is 234 g/mol. The molecule has 5 heteroatoms. The largest absolute Gasteiger partial charge is 0.325 e. The number of hydrogen-bond acceptors (Lipinski definition) is 4. The molecule has 0 radical (unpaired) electrons. The van der Waals surface area contributed by atoms with Crippen molar-refractivity contribution in [2.45, 2.75) is 19.9 Å². The highest BCUT2D eigenvalue weighted by Gasteiger charge is 2.04. The summed E-state index contributed by atoms with van der Waals surface area (Å²) in [7, 11) is 0. The monoisotopic (exact) mass is 249 g/mol. The Balaban J connectivity index is 2.00. The molecule has 90 valence electrons. The number of amides is 1. The zero-order valence-corrected chi connectivity index (χ0v) is 10.7. The summed E-state index contributed by atoms with van der Waals surface area (Å²) in [6.45, 7) is 4.35. The van der Waals surface area contributed by atoms with Gasteiger partial charge in [0, 0.05) is 11.7 Å². The first-order valence-corrected chi connectivity index (χ1v) is 6.39. The molecular formula is C12H15N3OS. The standard InChI is InChI=1S/C12H15N3OS/c1-8(2)13-6-12(16)15-9-3-4-10-11(5-9)17-7-14-10/h3-5,7-8,13H,6H2,1-2H3,(H,15,16). The molecule has 0 aliphatic rings. The van der Waals surface area contributed by atoms with Crippen LogP contribution in [0, 0.1) is 0 Å². The van der Waals surface area contributed by atoms with Crippen LogP contribution in [-0.2, 0) is 4.79 Å². The second-order valence-corrected chi connectivity index (χ2v) is 5.00. The molecule has 1 amide bonds. The van der Waals surface area contributed by atoms with E-state index in [1.807, 2.05) is 32.0 Å². The first-order valence-electron chi connectivity index (χ1n) is 5.51. The number of carbonyl (C=O) groups excluding carboxylic acids is 1.